The third kappa shape index (κ3) is 2.05. The number of β-amino-alcohol motifs (C(OH)–C–C–N with tert-alkyl or cyclic N) is 1. The lowest BCUT2D eigenvalue weighted by Gasteiger charge is -2.23. The van der Waals surface area contributed by atoms with Crippen molar-refractivity contribution < 1.29 is 9.90 Å². The fourth-order valence-electron chi connectivity index (χ4n) is 1.93. The summed E-state index contributed by atoms with van der Waals surface area (Å²) < 4.78 is 0.986. The number of carbonyl (C=O) groups is 1. The molecule has 5 heteroatoms. The Morgan fingerprint density at radius 1 is 1.50 bits per heavy atom. The van der Waals surface area contributed by atoms with Crippen LogP contribution in [0.4, 0.5) is 4.79 Å². The van der Waals surface area contributed by atoms with E-state index in [4.69, 9.17) is 5.11 Å². The number of hydrogen-bond acceptors (Lipinski definition) is 2. The summed E-state index contributed by atoms with van der Waals surface area (Å²) in [7, 11) is 0. The van der Waals surface area contributed by atoms with Crippen LogP contribution in [0.5, 0.6) is 0 Å². The Bertz CT molecular complexity index is 397. The molecule has 1 aliphatic heterocycles. The summed E-state index contributed by atoms with van der Waals surface area (Å²) in [5.41, 5.74) is 1.06. The Balaban J connectivity index is 2.27. The van der Waals surface area contributed by atoms with Gasteiger partial charge in [0.15, 0.2) is 0 Å². The molecule has 1 unspecified atom stereocenters. The van der Waals surface area contributed by atoms with Crippen molar-refractivity contribution in [3.63, 3.8) is 0 Å². The summed E-state index contributed by atoms with van der Waals surface area (Å²) >= 11 is 3.48. The zero-order valence-corrected chi connectivity index (χ0v) is 10.3. The van der Waals surface area contributed by atoms with E-state index in [2.05, 4.69) is 21.2 Å². The van der Waals surface area contributed by atoms with E-state index in [0.717, 1.165) is 10.0 Å². The molecule has 1 saturated heterocycles. The maximum Gasteiger partial charge on any atom is 0.318 e. The average molecular weight is 285 g/mol. The molecule has 2 rings (SSSR count). The van der Waals surface area contributed by atoms with Crippen LogP contribution in [-0.4, -0.2) is 35.7 Å². The number of carbonyl (C=O) groups excluding carboxylic acids is 1. The zero-order chi connectivity index (χ0) is 11.5. The number of benzene rings is 1. The van der Waals surface area contributed by atoms with Gasteiger partial charge in [-0.05, 0) is 11.6 Å². The number of amides is 2. The summed E-state index contributed by atoms with van der Waals surface area (Å²) in [6.45, 7) is 0.924. The highest BCUT2D eigenvalue weighted by Gasteiger charge is 2.32. The quantitative estimate of drug-likeness (QED) is 0.884. The normalized spacial score (nSPS) is 20.0. The highest BCUT2D eigenvalue weighted by Crippen LogP contribution is 2.29. The van der Waals surface area contributed by atoms with Crippen molar-refractivity contribution >= 4 is 22.0 Å². The van der Waals surface area contributed by atoms with Crippen LogP contribution in [0.1, 0.15) is 11.6 Å². The second kappa shape index (κ2) is 4.84. The van der Waals surface area contributed by atoms with Crippen LogP contribution in [0.2, 0.25) is 0 Å². The third-order valence-corrected chi connectivity index (χ3v) is 3.41. The van der Waals surface area contributed by atoms with Gasteiger partial charge in [-0.1, -0.05) is 34.1 Å². The van der Waals surface area contributed by atoms with Gasteiger partial charge in [-0.25, -0.2) is 4.79 Å². The SMILES string of the molecule is O=C1NCC(c2ccccc2Br)N1CCO. The minimum Gasteiger partial charge on any atom is -0.395 e. The molecule has 0 saturated carbocycles. The van der Waals surface area contributed by atoms with E-state index in [0.29, 0.717) is 13.1 Å². The number of nitrogens with one attached hydrogen (secondary N) is 1. The standard InChI is InChI=1S/C11H13BrN2O2/c12-9-4-2-1-3-8(9)10-7-13-11(16)14(10)5-6-15/h1-4,10,15H,5-7H2,(H,13,16). The number of urea groups is 1. The number of nitrogens with zero attached hydrogens (tertiary/aromatic N) is 1. The lowest BCUT2D eigenvalue weighted by Crippen LogP contribution is -2.32. The van der Waals surface area contributed by atoms with Gasteiger partial charge in [-0.3, -0.25) is 0 Å². The molecule has 1 atom stereocenters. The van der Waals surface area contributed by atoms with Crippen molar-refractivity contribution in [3.05, 3.63) is 34.3 Å². The molecular weight excluding hydrogens is 272 g/mol. The van der Waals surface area contributed by atoms with Crippen molar-refractivity contribution in [2.75, 3.05) is 19.7 Å². The summed E-state index contributed by atoms with van der Waals surface area (Å²) in [4.78, 5) is 13.2. The fraction of sp³-hybridized carbons (Fsp3) is 0.364. The largest absolute Gasteiger partial charge is 0.395 e. The molecular formula is C11H13BrN2O2. The van der Waals surface area contributed by atoms with Crippen molar-refractivity contribution in [2.24, 2.45) is 0 Å². The summed E-state index contributed by atoms with van der Waals surface area (Å²) in [5.74, 6) is 0. The van der Waals surface area contributed by atoms with Gasteiger partial charge in [-0.15, -0.1) is 0 Å². The van der Waals surface area contributed by atoms with Gasteiger partial charge in [0.2, 0.25) is 0 Å². The van der Waals surface area contributed by atoms with E-state index in [1.165, 1.54) is 0 Å². The molecule has 0 aliphatic carbocycles. The van der Waals surface area contributed by atoms with Crippen molar-refractivity contribution in [1.29, 1.82) is 0 Å². The van der Waals surface area contributed by atoms with Crippen LogP contribution >= 0.6 is 15.9 Å². The maximum absolute atomic E-state index is 11.5. The number of aliphatic hydroxyl groups excluding tert-OH is 1. The molecule has 1 heterocycles. The molecule has 4 nitrogen and oxygen atoms in total. The molecule has 1 fully saturated rings. The second-order valence-corrected chi connectivity index (χ2v) is 4.49. The number of hydrogen-bond donors (Lipinski definition) is 2. The third-order valence-electron chi connectivity index (χ3n) is 2.69. The Morgan fingerprint density at radius 3 is 2.94 bits per heavy atom. The summed E-state index contributed by atoms with van der Waals surface area (Å²) in [5, 5.41) is 11.7. The Kier molecular flexibility index (Phi) is 3.46. The van der Waals surface area contributed by atoms with Crippen LogP contribution in [0.15, 0.2) is 28.7 Å². The van der Waals surface area contributed by atoms with Gasteiger partial charge in [0.05, 0.1) is 12.6 Å². The topological polar surface area (TPSA) is 52.6 Å². The van der Waals surface area contributed by atoms with Gasteiger partial charge in [0.25, 0.3) is 0 Å². The minimum atomic E-state index is -0.116. The first-order valence-electron chi connectivity index (χ1n) is 5.14. The molecule has 86 valence electrons. The van der Waals surface area contributed by atoms with Crippen molar-refractivity contribution in [1.82, 2.24) is 10.2 Å². The second-order valence-electron chi connectivity index (χ2n) is 3.64. The lowest BCUT2D eigenvalue weighted by molar-refractivity contribution is 0.179. The van der Waals surface area contributed by atoms with Gasteiger partial charge in [0.1, 0.15) is 0 Å². The van der Waals surface area contributed by atoms with Crippen molar-refractivity contribution in [3.8, 4) is 0 Å². The van der Waals surface area contributed by atoms with Gasteiger partial charge >= 0.3 is 6.03 Å². The molecule has 1 aromatic carbocycles. The van der Waals surface area contributed by atoms with Gasteiger partial charge in [-0.2, -0.15) is 0 Å². The predicted molar refractivity (Wildman–Crippen MR) is 64.1 cm³/mol. The molecule has 0 aromatic heterocycles. The summed E-state index contributed by atoms with van der Waals surface area (Å²) in [6.07, 6.45) is 0. The fourth-order valence-corrected chi connectivity index (χ4v) is 2.47. The Hall–Kier alpha value is -1.07. The number of aliphatic hydroxyl groups is 1. The highest BCUT2D eigenvalue weighted by molar-refractivity contribution is 9.10. The van der Waals surface area contributed by atoms with E-state index >= 15 is 0 Å². The molecule has 2 N–H and O–H groups in total. The maximum atomic E-state index is 11.5. The van der Waals surface area contributed by atoms with E-state index in [9.17, 15) is 4.79 Å². The van der Waals surface area contributed by atoms with E-state index in [-0.39, 0.29) is 18.7 Å². The summed E-state index contributed by atoms with van der Waals surface area (Å²) in [6, 6.07) is 7.70. The van der Waals surface area contributed by atoms with Crippen LogP contribution in [0.3, 0.4) is 0 Å². The Morgan fingerprint density at radius 2 is 2.25 bits per heavy atom. The molecule has 1 aromatic rings. The number of rotatable bonds is 3. The van der Waals surface area contributed by atoms with E-state index in [1.807, 2.05) is 24.3 Å². The molecule has 0 bridgehead atoms. The molecule has 0 radical (unpaired) electrons. The van der Waals surface area contributed by atoms with Gasteiger partial charge < -0.3 is 15.3 Å². The predicted octanol–water partition coefficient (Wildman–Crippen LogP) is 1.51. The smallest absolute Gasteiger partial charge is 0.318 e. The molecule has 16 heavy (non-hydrogen) atoms. The lowest BCUT2D eigenvalue weighted by atomic mass is 10.1. The average Bonchev–Trinajstić information content (AvgIpc) is 2.62. The first-order chi connectivity index (χ1) is 7.74. The first-order valence-corrected chi connectivity index (χ1v) is 5.93. The first kappa shape index (κ1) is 11.4. The monoisotopic (exact) mass is 284 g/mol. The van der Waals surface area contributed by atoms with Crippen LogP contribution < -0.4 is 5.32 Å². The molecule has 2 amide bonds. The van der Waals surface area contributed by atoms with Crippen molar-refractivity contribution in [2.45, 2.75) is 6.04 Å². The number of halogens is 1. The van der Waals surface area contributed by atoms with Gasteiger partial charge in [0, 0.05) is 17.6 Å². The van der Waals surface area contributed by atoms with Crippen LogP contribution in [0.25, 0.3) is 0 Å². The molecule has 1 aliphatic rings. The Labute approximate surface area is 102 Å². The van der Waals surface area contributed by atoms with E-state index in [1.54, 1.807) is 4.90 Å². The van der Waals surface area contributed by atoms with E-state index < -0.39 is 0 Å². The van der Waals surface area contributed by atoms with Crippen LogP contribution in [0, 0.1) is 0 Å². The highest BCUT2D eigenvalue weighted by atomic mass is 79.9. The van der Waals surface area contributed by atoms with Crippen LogP contribution in [-0.2, 0) is 0 Å². The zero-order valence-electron chi connectivity index (χ0n) is 8.69. The molecule has 0 spiro atoms. The minimum absolute atomic E-state index is 0.00442.